The average Bonchev–Trinajstić information content (AvgIpc) is 2.49. The minimum Gasteiger partial charge on any atom is -0.384 e. The lowest BCUT2D eigenvalue weighted by Gasteiger charge is -2.34. The topological polar surface area (TPSA) is 9.23 Å². The van der Waals surface area contributed by atoms with E-state index in [0.29, 0.717) is 18.8 Å². The fourth-order valence-electron chi connectivity index (χ4n) is 2.76. The maximum absolute atomic E-state index is 13.5. The highest BCUT2D eigenvalue weighted by atomic mass is 19.1. The van der Waals surface area contributed by atoms with Gasteiger partial charge in [0.25, 0.3) is 0 Å². The fraction of sp³-hybridized carbons (Fsp3) is 1.00. The van der Waals surface area contributed by atoms with E-state index in [1.165, 1.54) is 12.8 Å². The van der Waals surface area contributed by atoms with Gasteiger partial charge in [-0.1, -0.05) is 26.7 Å². The Bertz CT molecular complexity index is 172. The van der Waals surface area contributed by atoms with Gasteiger partial charge in [-0.2, -0.15) is 0 Å². The Kier molecular flexibility index (Phi) is 4.36. The van der Waals surface area contributed by atoms with Crippen molar-refractivity contribution in [2.24, 2.45) is 11.3 Å². The number of halogens is 1. The minimum absolute atomic E-state index is 0.129. The molecule has 1 fully saturated rings. The zero-order valence-electron chi connectivity index (χ0n) is 9.68. The third-order valence-corrected chi connectivity index (χ3v) is 3.86. The molecule has 0 aromatic heterocycles. The van der Waals surface area contributed by atoms with Crippen LogP contribution in [0.25, 0.3) is 0 Å². The van der Waals surface area contributed by atoms with E-state index < -0.39 is 6.17 Å². The van der Waals surface area contributed by atoms with Crippen LogP contribution in [0.5, 0.6) is 0 Å². The van der Waals surface area contributed by atoms with Gasteiger partial charge in [-0.05, 0) is 30.6 Å². The van der Waals surface area contributed by atoms with E-state index >= 15 is 0 Å². The van der Waals surface area contributed by atoms with Crippen LogP contribution < -0.4 is 0 Å². The van der Waals surface area contributed by atoms with Gasteiger partial charge in [-0.25, -0.2) is 4.39 Å². The molecule has 0 heterocycles. The van der Waals surface area contributed by atoms with Gasteiger partial charge >= 0.3 is 0 Å². The van der Waals surface area contributed by atoms with Gasteiger partial charge in [-0.15, -0.1) is 0 Å². The molecule has 0 radical (unpaired) electrons. The van der Waals surface area contributed by atoms with Crippen molar-refractivity contribution in [2.75, 3.05) is 13.7 Å². The van der Waals surface area contributed by atoms with Crippen LogP contribution in [0.15, 0.2) is 0 Å². The first-order chi connectivity index (χ1) is 6.64. The summed E-state index contributed by atoms with van der Waals surface area (Å²) in [6.07, 6.45) is 4.30. The van der Waals surface area contributed by atoms with E-state index in [1.54, 1.807) is 7.11 Å². The molecule has 0 saturated heterocycles. The third kappa shape index (κ3) is 2.47. The molecular formula is C12H23FO. The minimum atomic E-state index is -0.648. The molecule has 1 saturated carbocycles. The van der Waals surface area contributed by atoms with E-state index in [1.807, 2.05) is 6.92 Å². The highest BCUT2D eigenvalue weighted by Crippen LogP contribution is 2.47. The lowest BCUT2D eigenvalue weighted by molar-refractivity contribution is 0.0266. The normalized spacial score (nSPS) is 34.7. The van der Waals surface area contributed by atoms with Crippen LogP contribution in [0.4, 0.5) is 4.39 Å². The molecule has 1 aliphatic carbocycles. The Labute approximate surface area is 87.0 Å². The molecule has 3 unspecified atom stereocenters. The summed E-state index contributed by atoms with van der Waals surface area (Å²) in [6, 6.07) is 0. The molecular weight excluding hydrogens is 179 g/mol. The highest BCUT2D eigenvalue weighted by Gasteiger charge is 2.41. The maximum Gasteiger partial charge on any atom is 0.100 e. The number of hydrogen-bond donors (Lipinski definition) is 0. The summed E-state index contributed by atoms with van der Waals surface area (Å²) in [5, 5.41) is 0. The molecule has 0 aromatic rings. The number of alkyl halides is 1. The molecule has 14 heavy (non-hydrogen) atoms. The number of methoxy groups -OCH3 is 1. The van der Waals surface area contributed by atoms with Crippen molar-refractivity contribution in [2.45, 2.75) is 52.1 Å². The van der Waals surface area contributed by atoms with Crippen molar-refractivity contribution in [1.82, 2.24) is 0 Å². The van der Waals surface area contributed by atoms with Crippen LogP contribution in [-0.4, -0.2) is 19.9 Å². The lowest BCUT2D eigenvalue weighted by atomic mass is 9.75. The average molecular weight is 202 g/mol. The number of ether oxygens (including phenoxy) is 1. The summed E-state index contributed by atoms with van der Waals surface area (Å²) in [7, 11) is 1.73. The molecule has 0 N–H and O–H groups in total. The highest BCUT2D eigenvalue weighted by molar-refractivity contribution is 4.91. The molecule has 1 aliphatic rings. The van der Waals surface area contributed by atoms with Crippen LogP contribution in [0, 0.1) is 11.3 Å². The van der Waals surface area contributed by atoms with Gasteiger partial charge in [0.1, 0.15) is 6.17 Å². The third-order valence-electron chi connectivity index (χ3n) is 3.86. The molecule has 84 valence electrons. The Balaban J connectivity index is 2.61. The van der Waals surface area contributed by atoms with Gasteiger partial charge in [-0.3, -0.25) is 0 Å². The molecule has 2 heteroatoms. The van der Waals surface area contributed by atoms with Crippen LogP contribution in [0.2, 0.25) is 0 Å². The van der Waals surface area contributed by atoms with E-state index in [2.05, 4.69) is 6.92 Å². The van der Waals surface area contributed by atoms with Crippen molar-refractivity contribution in [3.63, 3.8) is 0 Å². The summed E-state index contributed by atoms with van der Waals surface area (Å²) in [4.78, 5) is 0. The first-order valence-electron chi connectivity index (χ1n) is 5.77. The number of hydrogen-bond acceptors (Lipinski definition) is 1. The molecule has 1 nitrogen and oxygen atoms in total. The second-order valence-corrected chi connectivity index (χ2v) is 4.80. The predicted molar refractivity (Wildman–Crippen MR) is 57.1 cm³/mol. The Morgan fingerprint density at radius 2 is 2.29 bits per heavy atom. The fourth-order valence-corrected chi connectivity index (χ4v) is 2.76. The van der Waals surface area contributed by atoms with Gasteiger partial charge in [0.05, 0.1) is 6.61 Å². The molecule has 1 rings (SSSR count). The molecule has 3 atom stereocenters. The van der Waals surface area contributed by atoms with Crippen molar-refractivity contribution in [3.05, 3.63) is 0 Å². The first kappa shape index (κ1) is 12.0. The van der Waals surface area contributed by atoms with Crippen LogP contribution >= 0.6 is 0 Å². The monoisotopic (exact) mass is 202 g/mol. The van der Waals surface area contributed by atoms with Gasteiger partial charge in [0.15, 0.2) is 0 Å². The largest absolute Gasteiger partial charge is 0.384 e. The maximum atomic E-state index is 13.5. The summed E-state index contributed by atoms with van der Waals surface area (Å²) in [6.45, 7) is 4.90. The van der Waals surface area contributed by atoms with Gasteiger partial charge in [0, 0.05) is 7.11 Å². The Morgan fingerprint density at radius 3 is 2.71 bits per heavy atom. The second-order valence-electron chi connectivity index (χ2n) is 4.80. The second kappa shape index (κ2) is 5.11. The lowest BCUT2D eigenvalue weighted by Crippen LogP contribution is -2.32. The zero-order chi connectivity index (χ0) is 10.6. The molecule has 0 spiro atoms. The van der Waals surface area contributed by atoms with Crippen molar-refractivity contribution < 1.29 is 9.13 Å². The molecule has 0 amide bonds. The van der Waals surface area contributed by atoms with Crippen LogP contribution in [-0.2, 0) is 4.74 Å². The quantitative estimate of drug-likeness (QED) is 0.662. The zero-order valence-corrected chi connectivity index (χ0v) is 9.68. The SMILES string of the molecule is CCC(F)CC1(COC)CCCC1C. The summed E-state index contributed by atoms with van der Waals surface area (Å²) < 4.78 is 18.7. The van der Waals surface area contributed by atoms with Crippen molar-refractivity contribution in [3.8, 4) is 0 Å². The number of rotatable bonds is 5. The predicted octanol–water partition coefficient (Wildman–Crippen LogP) is 3.58. The van der Waals surface area contributed by atoms with Crippen LogP contribution in [0.3, 0.4) is 0 Å². The summed E-state index contributed by atoms with van der Waals surface area (Å²) in [5.41, 5.74) is 0.129. The molecule has 0 bridgehead atoms. The standard InChI is InChI=1S/C12H23FO/c1-4-11(13)8-12(9-14-3)7-5-6-10(12)2/h10-11H,4-9H2,1-3H3. The van der Waals surface area contributed by atoms with E-state index in [4.69, 9.17) is 4.74 Å². The summed E-state index contributed by atoms with van der Waals surface area (Å²) in [5.74, 6) is 0.618. The van der Waals surface area contributed by atoms with Crippen molar-refractivity contribution in [1.29, 1.82) is 0 Å². The molecule has 0 aliphatic heterocycles. The van der Waals surface area contributed by atoms with Gasteiger partial charge in [0.2, 0.25) is 0 Å². The first-order valence-corrected chi connectivity index (χ1v) is 5.77. The Morgan fingerprint density at radius 1 is 1.57 bits per heavy atom. The smallest absolute Gasteiger partial charge is 0.100 e. The molecule has 0 aromatic carbocycles. The van der Waals surface area contributed by atoms with E-state index in [-0.39, 0.29) is 5.41 Å². The van der Waals surface area contributed by atoms with Crippen LogP contribution in [0.1, 0.15) is 46.0 Å². The van der Waals surface area contributed by atoms with Gasteiger partial charge < -0.3 is 4.74 Å². The van der Waals surface area contributed by atoms with E-state index in [0.717, 1.165) is 13.0 Å². The van der Waals surface area contributed by atoms with E-state index in [9.17, 15) is 4.39 Å². The van der Waals surface area contributed by atoms with Crippen molar-refractivity contribution >= 4 is 0 Å². The summed E-state index contributed by atoms with van der Waals surface area (Å²) >= 11 is 0. The Hall–Kier alpha value is -0.110.